The molecule has 1 aromatic rings. The predicted molar refractivity (Wildman–Crippen MR) is 77.3 cm³/mol. The molecule has 1 saturated carbocycles. The summed E-state index contributed by atoms with van der Waals surface area (Å²) in [6.45, 7) is 1.65. The molecule has 0 heterocycles. The van der Waals surface area contributed by atoms with E-state index in [1.54, 1.807) is 0 Å². The summed E-state index contributed by atoms with van der Waals surface area (Å²) in [6.07, 6.45) is 6.42. The summed E-state index contributed by atoms with van der Waals surface area (Å²) in [7, 11) is 2.17. The lowest BCUT2D eigenvalue weighted by atomic mass is 9.93. The number of rotatable bonds is 4. The summed E-state index contributed by atoms with van der Waals surface area (Å²) in [6, 6.07) is 7.39. The van der Waals surface area contributed by atoms with Gasteiger partial charge in [-0.2, -0.15) is 0 Å². The fourth-order valence-electron chi connectivity index (χ4n) is 3.22. The molecule has 106 valence electrons. The number of hydrogen-bond donors (Lipinski definition) is 1. The Bertz CT molecular complexity index is 377. The highest BCUT2D eigenvalue weighted by Crippen LogP contribution is 2.27. The first-order valence-electron chi connectivity index (χ1n) is 7.35. The van der Waals surface area contributed by atoms with Crippen molar-refractivity contribution in [2.45, 2.75) is 44.7 Å². The molecule has 2 rings (SSSR count). The molecule has 19 heavy (non-hydrogen) atoms. The number of halogens is 1. The first-order valence-corrected chi connectivity index (χ1v) is 7.35. The molecule has 1 aliphatic rings. The fraction of sp³-hybridized carbons (Fsp3) is 0.625. The van der Waals surface area contributed by atoms with E-state index in [-0.39, 0.29) is 5.82 Å². The molecule has 3 heteroatoms. The number of hydrogen-bond acceptors (Lipinski definition) is 2. The quantitative estimate of drug-likeness (QED) is 0.846. The van der Waals surface area contributed by atoms with Crippen molar-refractivity contribution >= 4 is 0 Å². The SMILES string of the molecule is CN(Cc1ccc(F)cc1)C1CCCCCC1CN. The molecule has 0 saturated heterocycles. The minimum atomic E-state index is -0.166. The highest BCUT2D eigenvalue weighted by Gasteiger charge is 2.25. The Balaban J connectivity index is 2.00. The predicted octanol–water partition coefficient (Wildman–Crippen LogP) is 3.17. The van der Waals surface area contributed by atoms with Gasteiger partial charge in [-0.3, -0.25) is 4.90 Å². The smallest absolute Gasteiger partial charge is 0.123 e. The molecule has 0 spiro atoms. The summed E-state index contributed by atoms with van der Waals surface area (Å²) in [4.78, 5) is 2.40. The monoisotopic (exact) mass is 264 g/mol. The lowest BCUT2D eigenvalue weighted by molar-refractivity contribution is 0.161. The van der Waals surface area contributed by atoms with E-state index in [2.05, 4.69) is 11.9 Å². The van der Waals surface area contributed by atoms with E-state index in [9.17, 15) is 4.39 Å². The molecular weight excluding hydrogens is 239 g/mol. The van der Waals surface area contributed by atoms with Gasteiger partial charge >= 0.3 is 0 Å². The minimum absolute atomic E-state index is 0.166. The molecule has 1 aromatic carbocycles. The number of benzene rings is 1. The minimum Gasteiger partial charge on any atom is -0.330 e. The van der Waals surface area contributed by atoms with Crippen LogP contribution in [0, 0.1) is 11.7 Å². The van der Waals surface area contributed by atoms with E-state index in [0.717, 1.165) is 13.1 Å². The van der Waals surface area contributed by atoms with Crippen LogP contribution in [-0.4, -0.2) is 24.5 Å². The zero-order valence-electron chi connectivity index (χ0n) is 11.8. The number of nitrogens with two attached hydrogens (primary N) is 1. The Morgan fingerprint density at radius 3 is 2.53 bits per heavy atom. The standard InChI is InChI=1S/C16H25FN2/c1-19(12-13-7-9-15(17)10-8-13)16-6-4-2-3-5-14(16)11-18/h7-10,14,16H,2-6,11-12,18H2,1H3. The summed E-state index contributed by atoms with van der Waals surface area (Å²) < 4.78 is 12.9. The molecule has 0 bridgehead atoms. The molecule has 0 radical (unpaired) electrons. The molecule has 2 nitrogen and oxygen atoms in total. The van der Waals surface area contributed by atoms with E-state index in [0.29, 0.717) is 12.0 Å². The van der Waals surface area contributed by atoms with Crippen LogP contribution in [0.1, 0.15) is 37.7 Å². The normalized spacial score (nSPS) is 24.4. The van der Waals surface area contributed by atoms with Crippen LogP contribution in [0.5, 0.6) is 0 Å². The Kier molecular flexibility index (Phi) is 5.34. The van der Waals surface area contributed by atoms with Crippen LogP contribution in [-0.2, 0) is 6.54 Å². The number of nitrogens with zero attached hydrogens (tertiary/aromatic N) is 1. The van der Waals surface area contributed by atoms with Gasteiger partial charge in [0.1, 0.15) is 5.82 Å². The summed E-state index contributed by atoms with van der Waals surface area (Å²) in [5, 5.41) is 0. The molecular formula is C16H25FN2. The van der Waals surface area contributed by atoms with E-state index < -0.39 is 0 Å². The van der Waals surface area contributed by atoms with Crippen LogP contribution in [0.2, 0.25) is 0 Å². The van der Waals surface area contributed by atoms with E-state index >= 15 is 0 Å². The molecule has 0 aromatic heterocycles. The van der Waals surface area contributed by atoms with Gasteiger partial charge in [0, 0.05) is 12.6 Å². The van der Waals surface area contributed by atoms with Crippen molar-refractivity contribution in [2.75, 3.05) is 13.6 Å². The molecule has 0 aliphatic heterocycles. The third-order valence-electron chi connectivity index (χ3n) is 4.33. The van der Waals surface area contributed by atoms with Crippen LogP contribution in [0.3, 0.4) is 0 Å². The average Bonchev–Trinajstić information content (AvgIpc) is 2.66. The second kappa shape index (κ2) is 7.01. The van der Waals surface area contributed by atoms with Crippen molar-refractivity contribution in [3.05, 3.63) is 35.6 Å². The van der Waals surface area contributed by atoms with Crippen molar-refractivity contribution in [1.82, 2.24) is 4.90 Å². The highest BCUT2D eigenvalue weighted by molar-refractivity contribution is 5.16. The average molecular weight is 264 g/mol. The Morgan fingerprint density at radius 1 is 1.16 bits per heavy atom. The zero-order chi connectivity index (χ0) is 13.7. The zero-order valence-corrected chi connectivity index (χ0v) is 11.8. The third kappa shape index (κ3) is 4.02. The first kappa shape index (κ1) is 14.5. The third-order valence-corrected chi connectivity index (χ3v) is 4.33. The van der Waals surface area contributed by atoms with E-state index in [1.807, 2.05) is 12.1 Å². The first-order chi connectivity index (χ1) is 9.20. The van der Waals surface area contributed by atoms with Crippen molar-refractivity contribution in [1.29, 1.82) is 0 Å². The summed E-state index contributed by atoms with van der Waals surface area (Å²) >= 11 is 0. The van der Waals surface area contributed by atoms with Gasteiger partial charge in [0.15, 0.2) is 0 Å². The second-order valence-electron chi connectivity index (χ2n) is 5.74. The van der Waals surface area contributed by atoms with Crippen LogP contribution >= 0.6 is 0 Å². The van der Waals surface area contributed by atoms with Gasteiger partial charge in [-0.25, -0.2) is 4.39 Å². The van der Waals surface area contributed by atoms with Gasteiger partial charge in [0.05, 0.1) is 0 Å². The van der Waals surface area contributed by atoms with Crippen molar-refractivity contribution in [2.24, 2.45) is 11.7 Å². The molecule has 2 atom stereocenters. The fourth-order valence-corrected chi connectivity index (χ4v) is 3.22. The maximum Gasteiger partial charge on any atom is 0.123 e. The van der Waals surface area contributed by atoms with Crippen molar-refractivity contribution < 1.29 is 4.39 Å². The Hall–Kier alpha value is -0.930. The van der Waals surface area contributed by atoms with Crippen LogP contribution < -0.4 is 5.73 Å². The van der Waals surface area contributed by atoms with Gasteiger partial charge < -0.3 is 5.73 Å². The van der Waals surface area contributed by atoms with Gasteiger partial charge in [-0.1, -0.05) is 31.4 Å². The molecule has 1 aliphatic carbocycles. The largest absolute Gasteiger partial charge is 0.330 e. The van der Waals surface area contributed by atoms with Gasteiger partial charge in [0.25, 0.3) is 0 Å². The van der Waals surface area contributed by atoms with Gasteiger partial charge in [-0.05, 0) is 50.0 Å². The summed E-state index contributed by atoms with van der Waals surface area (Å²) in [5.74, 6) is 0.439. The van der Waals surface area contributed by atoms with Gasteiger partial charge in [0.2, 0.25) is 0 Å². The Labute approximate surface area is 115 Å². The molecule has 2 N–H and O–H groups in total. The molecule has 0 amide bonds. The molecule has 1 fully saturated rings. The van der Waals surface area contributed by atoms with Crippen LogP contribution in [0.15, 0.2) is 24.3 Å². The van der Waals surface area contributed by atoms with E-state index in [4.69, 9.17) is 5.73 Å². The lowest BCUT2D eigenvalue weighted by Crippen LogP contribution is -2.40. The van der Waals surface area contributed by atoms with Crippen molar-refractivity contribution in [3.63, 3.8) is 0 Å². The molecule has 2 unspecified atom stereocenters. The highest BCUT2D eigenvalue weighted by atomic mass is 19.1. The lowest BCUT2D eigenvalue weighted by Gasteiger charge is -2.33. The van der Waals surface area contributed by atoms with E-state index in [1.165, 1.54) is 49.8 Å². The van der Waals surface area contributed by atoms with Gasteiger partial charge in [-0.15, -0.1) is 0 Å². The second-order valence-corrected chi connectivity index (χ2v) is 5.74. The summed E-state index contributed by atoms with van der Waals surface area (Å²) in [5.41, 5.74) is 7.11. The maximum absolute atomic E-state index is 12.9. The topological polar surface area (TPSA) is 29.3 Å². The van der Waals surface area contributed by atoms with Crippen molar-refractivity contribution in [3.8, 4) is 0 Å². The maximum atomic E-state index is 12.9. The van der Waals surface area contributed by atoms with Crippen LogP contribution in [0.25, 0.3) is 0 Å². The van der Waals surface area contributed by atoms with Crippen LogP contribution in [0.4, 0.5) is 4.39 Å². The Morgan fingerprint density at radius 2 is 1.84 bits per heavy atom.